The highest BCUT2D eigenvalue weighted by atomic mass is 79.9. The molecule has 3 aromatic carbocycles. The van der Waals surface area contributed by atoms with Crippen LogP contribution in [0.25, 0.3) is 17.1 Å². The van der Waals surface area contributed by atoms with E-state index in [9.17, 15) is 4.79 Å². The van der Waals surface area contributed by atoms with Crippen molar-refractivity contribution in [2.45, 2.75) is 12.1 Å². The van der Waals surface area contributed by atoms with Gasteiger partial charge in [-0.05, 0) is 52.7 Å². The third-order valence-corrected chi connectivity index (χ3v) is 6.00. The summed E-state index contributed by atoms with van der Waals surface area (Å²) in [5, 5.41) is 12.4. The van der Waals surface area contributed by atoms with Crippen LogP contribution in [0.15, 0.2) is 88.5 Å². The number of rotatable bonds is 6. The molecule has 7 heteroatoms. The Morgan fingerprint density at radius 3 is 2.40 bits per heavy atom. The van der Waals surface area contributed by atoms with Crippen molar-refractivity contribution in [1.82, 2.24) is 14.8 Å². The lowest BCUT2D eigenvalue weighted by Crippen LogP contribution is -2.15. The SMILES string of the molecule is Cc1ccc(NC(=O)CSc2nnc(-c3ccccc3)n2-c2ccccc2)c(Br)c1. The molecule has 1 amide bonds. The molecule has 0 radical (unpaired) electrons. The van der Waals surface area contributed by atoms with Crippen molar-refractivity contribution in [1.29, 1.82) is 0 Å². The van der Waals surface area contributed by atoms with Gasteiger partial charge in [-0.25, -0.2) is 0 Å². The topological polar surface area (TPSA) is 59.8 Å². The molecular formula is C23H19BrN4OS. The molecule has 0 aliphatic carbocycles. The van der Waals surface area contributed by atoms with E-state index in [1.54, 1.807) is 0 Å². The summed E-state index contributed by atoms with van der Waals surface area (Å²) in [6.07, 6.45) is 0. The number of thioether (sulfide) groups is 1. The van der Waals surface area contributed by atoms with Crippen LogP contribution in [0.4, 0.5) is 5.69 Å². The van der Waals surface area contributed by atoms with E-state index in [0.29, 0.717) is 5.16 Å². The van der Waals surface area contributed by atoms with E-state index < -0.39 is 0 Å². The molecule has 0 aliphatic heterocycles. The molecule has 0 atom stereocenters. The highest BCUT2D eigenvalue weighted by molar-refractivity contribution is 9.10. The second-order valence-corrected chi connectivity index (χ2v) is 8.46. The minimum atomic E-state index is -0.103. The van der Waals surface area contributed by atoms with E-state index in [0.717, 1.165) is 32.8 Å². The Bertz CT molecular complexity index is 1160. The fourth-order valence-corrected chi connectivity index (χ4v) is 4.33. The Morgan fingerprint density at radius 2 is 1.70 bits per heavy atom. The lowest BCUT2D eigenvalue weighted by atomic mass is 10.2. The van der Waals surface area contributed by atoms with Crippen LogP contribution in [0.3, 0.4) is 0 Å². The first kappa shape index (κ1) is 20.4. The minimum Gasteiger partial charge on any atom is -0.324 e. The van der Waals surface area contributed by atoms with Crippen LogP contribution >= 0.6 is 27.7 Å². The van der Waals surface area contributed by atoms with E-state index >= 15 is 0 Å². The largest absolute Gasteiger partial charge is 0.324 e. The fraction of sp³-hybridized carbons (Fsp3) is 0.0870. The number of hydrogen-bond acceptors (Lipinski definition) is 4. The van der Waals surface area contributed by atoms with Crippen molar-refractivity contribution in [3.05, 3.63) is 88.9 Å². The number of hydrogen-bond donors (Lipinski definition) is 1. The number of nitrogens with one attached hydrogen (secondary N) is 1. The van der Waals surface area contributed by atoms with E-state index in [-0.39, 0.29) is 11.7 Å². The molecule has 4 rings (SSSR count). The Hall–Kier alpha value is -2.90. The summed E-state index contributed by atoms with van der Waals surface area (Å²) in [5.41, 5.74) is 3.79. The molecule has 1 heterocycles. The number of anilines is 1. The lowest BCUT2D eigenvalue weighted by Gasteiger charge is -2.11. The number of benzene rings is 3. The number of para-hydroxylation sites is 1. The van der Waals surface area contributed by atoms with Crippen LogP contribution < -0.4 is 5.32 Å². The normalized spacial score (nSPS) is 10.7. The van der Waals surface area contributed by atoms with Gasteiger partial charge in [-0.1, -0.05) is 66.4 Å². The average Bonchev–Trinajstić information content (AvgIpc) is 3.19. The standard InChI is InChI=1S/C23H19BrN4OS/c1-16-12-13-20(19(24)14-16)25-21(29)15-30-23-27-26-22(17-8-4-2-5-9-17)28(23)18-10-6-3-7-11-18/h2-14H,15H2,1H3,(H,25,29). The molecule has 0 bridgehead atoms. The van der Waals surface area contributed by atoms with Crippen molar-refractivity contribution in [2.75, 3.05) is 11.1 Å². The van der Waals surface area contributed by atoms with Crippen molar-refractivity contribution in [2.24, 2.45) is 0 Å². The maximum atomic E-state index is 12.5. The van der Waals surface area contributed by atoms with Crippen LogP contribution in [0.2, 0.25) is 0 Å². The third kappa shape index (κ3) is 4.63. The Morgan fingerprint density at radius 1 is 1.00 bits per heavy atom. The fourth-order valence-electron chi connectivity index (χ4n) is 2.99. The molecule has 5 nitrogen and oxygen atoms in total. The molecule has 0 saturated heterocycles. The maximum absolute atomic E-state index is 12.5. The van der Waals surface area contributed by atoms with Crippen LogP contribution in [-0.4, -0.2) is 26.4 Å². The van der Waals surface area contributed by atoms with Crippen molar-refractivity contribution in [3.8, 4) is 17.1 Å². The molecular weight excluding hydrogens is 460 g/mol. The summed E-state index contributed by atoms with van der Waals surface area (Å²) in [5.74, 6) is 0.861. The predicted molar refractivity (Wildman–Crippen MR) is 125 cm³/mol. The van der Waals surface area contributed by atoms with Crippen molar-refractivity contribution < 1.29 is 4.79 Å². The zero-order valence-corrected chi connectivity index (χ0v) is 18.7. The summed E-state index contributed by atoms with van der Waals surface area (Å²) in [6, 6.07) is 25.7. The van der Waals surface area contributed by atoms with Gasteiger partial charge in [0.1, 0.15) is 0 Å². The molecule has 0 fully saturated rings. The minimum absolute atomic E-state index is 0.103. The number of carbonyl (C=O) groups excluding carboxylic acids is 1. The first-order chi connectivity index (χ1) is 14.6. The summed E-state index contributed by atoms with van der Waals surface area (Å²) in [4.78, 5) is 12.5. The van der Waals surface area contributed by atoms with E-state index in [1.807, 2.05) is 90.4 Å². The van der Waals surface area contributed by atoms with Gasteiger partial charge in [0, 0.05) is 15.7 Å². The quantitative estimate of drug-likeness (QED) is 0.359. The van der Waals surface area contributed by atoms with Gasteiger partial charge in [-0.15, -0.1) is 10.2 Å². The van der Waals surface area contributed by atoms with Gasteiger partial charge in [0.2, 0.25) is 5.91 Å². The molecule has 0 unspecified atom stereocenters. The van der Waals surface area contributed by atoms with Gasteiger partial charge in [0.25, 0.3) is 0 Å². The van der Waals surface area contributed by atoms with Crippen molar-refractivity contribution in [3.63, 3.8) is 0 Å². The number of carbonyl (C=O) groups is 1. The smallest absolute Gasteiger partial charge is 0.234 e. The van der Waals surface area contributed by atoms with Gasteiger partial charge in [0.05, 0.1) is 11.4 Å². The number of aromatic nitrogens is 3. The van der Waals surface area contributed by atoms with E-state index in [1.165, 1.54) is 11.8 Å². The average molecular weight is 479 g/mol. The van der Waals surface area contributed by atoms with Gasteiger partial charge < -0.3 is 5.32 Å². The molecule has 0 spiro atoms. The zero-order valence-electron chi connectivity index (χ0n) is 16.2. The molecule has 1 aromatic heterocycles. The third-order valence-electron chi connectivity index (χ3n) is 4.41. The Labute approximate surface area is 187 Å². The molecule has 0 aliphatic rings. The van der Waals surface area contributed by atoms with Crippen molar-refractivity contribution >= 4 is 39.3 Å². The Kier molecular flexibility index (Phi) is 6.30. The summed E-state index contributed by atoms with van der Waals surface area (Å²) in [6.45, 7) is 2.01. The number of amides is 1. The van der Waals surface area contributed by atoms with Crippen LogP contribution in [0, 0.1) is 6.92 Å². The lowest BCUT2D eigenvalue weighted by molar-refractivity contribution is -0.113. The first-order valence-corrected chi connectivity index (χ1v) is 11.1. The Balaban J connectivity index is 1.57. The number of aryl methyl sites for hydroxylation is 1. The number of nitrogens with zero attached hydrogens (tertiary/aromatic N) is 3. The van der Waals surface area contributed by atoms with Gasteiger partial charge in [-0.2, -0.15) is 0 Å². The molecule has 30 heavy (non-hydrogen) atoms. The molecule has 4 aromatic rings. The molecule has 1 N–H and O–H groups in total. The molecule has 0 saturated carbocycles. The monoisotopic (exact) mass is 478 g/mol. The van der Waals surface area contributed by atoms with Gasteiger partial charge in [-0.3, -0.25) is 9.36 Å². The van der Waals surface area contributed by atoms with E-state index in [4.69, 9.17) is 0 Å². The zero-order chi connectivity index (χ0) is 20.9. The van der Waals surface area contributed by atoms with E-state index in [2.05, 4.69) is 31.4 Å². The van der Waals surface area contributed by atoms with Gasteiger partial charge in [0.15, 0.2) is 11.0 Å². The van der Waals surface area contributed by atoms with Crippen LogP contribution in [0.5, 0.6) is 0 Å². The summed E-state index contributed by atoms with van der Waals surface area (Å²) in [7, 11) is 0. The second-order valence-electron chi connectivity index (χ2n) is 6.66. The van der Waals surface area contributed by atoms with Crippen LogP contribution in [-0.2, 0) is 4.79 Å². The first-order valence-electron chi connectivity index (χ1n) is 9.37. The summed E-state index contributed by atoms with van der Waals surface area (Å²) >= 11 is 4.85. The number of halogens is 1. The van der Waals surface area contributed by atoms with Gasteiger partial charge >= 0.3 is 0 Å². The predicted octanol–water partition coefficient (Wildman–Crippen LogP) is 5.74. The maximum Gasteiger partial charge on any atom is 0.234 e. The highest BCUT2D eigenvalue weighted by Gasteiger charge is 2.17. The second kappa shape index (κ2) is 9.28. The van der Waals surface area contributed by atoms with Crippen LogP contribution in [0.1, 0.15) is 5.56 Å². The summed E-state index contributed by atoms with van der Waals surface area (Å²) < 4.78 is 2.84. The molecule has 150 valence electrons. The highest BCUT2D eigenvalue weighted by Crippen LogP contribution is 2.28.